The van der Waals surface area contributed by atoms with Gasteiger partial charge in [0.1, 0.15) is 5.60 Å². The van der Waals surface area contributed by atoms with Gasteiger partial charge in [-0.2, -0.15) is 4.31 Å². The average molecular weight is 1010 g/mol. The number of ether oxygens (including phenoxy) is 1. The minimum atomic E-state index is -4.44. The average Bonchev–Trinajstić information content (AvgIpc) is 3.25. The predicted octanol–water partition coefficient (Wildman–Crippen LogP) is 21.3. The lowest BCUT2D eigenvalue weighted by Gasteiger charge is -2.42. The maximum Gasteiger partial charge on any atom is 0.484 e. The Morgan fingerprint density at radius 3 is 1.15 bits per heavy atom. The standard InChI is InChI=1S/C58H118O8P2/c1-52(2)43-35-27-19-11-12-23-31-39-47-57-58(10,48-40-32-24-16-13-20-28-36-44-53(3)4)65-68(60,64-56(9)51-61-57)66-67(59,62-49-41-33-25-17-14-21-29-37-45-54(5)6)63-50-42-34-26-18-15-22-30-38-46-55(7)8/h52-57H,11-51H2,1-10H3. The number of phosphoric acid groups is 2. The maximum atomic E-state index is 15.0. The first-order chi connectivity index (χ1) is 32.6. The molecule has 1 aliphatic rings. The van der Waals surface area contributed by atoms with Gasteiger partial charge in [-0.15, -0.1) is 0 Å². The molecule has 1 fully saturated rings. The van der Waals surface area contributed by atoms with Gasteiger partial charge in [0, 0.05) is 0 Å². The van der Waals surface area contributed by atoms with Gasteiger partial charge in [0.25, 0.3) is 0 Å². The van der Waals surface area contributed by atoms with E-state index in [2.05, 4.69) is 55.4 Å². The Morgan fingerprint density at radius 2 is 0.794 bits per heavy atom. The summed E-state index contributed by atoms with van der Waals surface area (Å²) in [5.41, 5.74) is -0.961. The van der Waals surface area contributed by atoms with Crippen LogP contribution in [0.1, 0.15) is 313 Å². The zero-order valence-electron chi connectivity index (χ0n) is 47.1. The molecule has 4 atom stereocenters. The molecule has 1 saturated heterocycles. The second kappa shape index (κ2) is 42.6. The topological polar surface area (TPSA) is 89.5 Å². The minimum Gasteiger partial charge on any atom is -0.373 e. The van der Waals surface area contributed by atoms with E-state index in [-0.39, 0.29) is 25.9 Å². The highest BCUT2D eigenvalue weighted by Gasteiger charge is 2.50. The third-order valence-corrected chi connectivity index (χ3v) is 18.0. The van der Waals surface area contributed by atoms with Gasteiger partial charge in [-0.1, -0.05) is 274 Å². The molecule has 8 nitrogen and oxygen atoms in total. The molecule has 1 heterocycles. The van der Waals surface area contributed by atoms with Crippen LogP contribution in [0.2, 0.25) is 0 Å². The number of hydrogen-bond donors (Lipinski definition) is 0. The van der Waals surface area contributed by atoms with Crippen molar-refractivity contribution >= 4 is 15.6 Å². The summed E-state index contributed by atoms with van der Waals surface area (Å²) >= 11 is 0. The quantitative estimate of drug-likeness (QED) is 0.0440. The molecule has 0 bridgehead atoms. The van der Waals surface area contributed by atoms with Crippen molar-refractivity contribution < 1.29 is 36.3 Å². The molecular weight excluding hydrogens is 887 g/mol. The fourth-order valence-corrected chi connectivity index (χ4v) is 13.4. The molecule has 0 N–H and O–H groups in total. The number of hydrogen-bond acceptors (Lipinski definition) is 8. The molecule has 0 saturated carbocycles. The Labute approximate surface area is 424 Å². The summed E-state index contributed by atoms with van der Waals surface area (Å²) in [4.78, 5) is 0. The number of unbranched alkanes of at least 4 members (excludes halogenated alkanes) is 28. The summed E-state index contributed by atoms with van der Waals surface area (Å²) in [6.45, 7) is 23.0. The van der Waals surface area contributed by atoms with Crippen LogP contribution in [-0.4, -0.2) is 37.6 Å². The van der Waals surface area contributed by atoms with Gasteiger partial charge in [0.2, 0.25) is 0 Å². The monoisotopic (exact) mass is 1000 g/mol. The van der Waals surface area contributed by atoms with Crippen molar-refractivity contribution in [3.8, 4) is 0 Å². The van der Waals surface area contributed by atoms with E-state index in [9.17, 15) is 4.57 Å². The van der Waals surface area contributed by atoms with Gasteiger partial charge in [-0.25, -0.2) is 9.13 Å². The zero-order valence-corrected chi connectivity index (χ0v) is 48.9. The Bertz CT molecular complexity index is 1180. The van der Waals surface area contributed by atoms with Crippen molar-refractivity contribution in [2.45, 2.75) is 331 Å². The zero-order chi connectivity index (χ0) is 50.2. The molecule has 1 aliphatic heterocycles. The summed E-state index contributed by atoms with van der Waals surface area (Å²) in [5.74, 6) is 3.14. The molecule has 0 spiro atoms. The highest BCUT2D eigenvalue weighted by atomic mass is 31.3. The third-order valence-electron chi connectivity index (χ3n) is 14.1. The van der Waals surface area contributed by atoms with Gasteiger partial charge < -0.3 is 4.74 Å². The SMILES string of the molecule is CC(C)CCCCCCCCCCOP(=O)(OCCCCCCCCCCC(C)C)OP1(=O)OC(C)COC(CCCCCCCCCCC(C)C)C(C)(CCCCCCCCCCC(C)C)O1. The normalized spacial score (nSPS) is 20.6. The van der Waals surface area contributed by atoms with Crippen molar-refractivity contribution in [1.82, 2.24) is 0 Å². The first-order valence-corrected chi connectivity index (χ1v) is 32.7. The van der Waals surface area contributed by atoms with Gasteiger partial charge in [-0.3, -0.25) is 18.1 Å². The van der Waals surface area contributed by atoms with Gasteiger partial charge in [0.15, 0.2) is 0 Å². The van der Waals surface area contributed by atoms with Gasteiger partial charge in [-0.05, 0) is 63.2 Å². The van der Waals surface area contributed by atoms with Crippen LogP contribution in [0.5, 0.6) is 0 Å². The summed E-state index contributed by atoms with van der Waals surface area (Å²) in [5, 5.41) is 0. The van der Waals surface area contributed by atoms with E-state index in [1.165, 1.54) is 167 Å². The van der Waals surface area contributed by atoms with E-state index in [0.29, 0.717) is 6.42 Å². The van der Waals surface area contributed by atoms with E-state index >= 15 is 4.57 Å². The molecule has 0 amide bonds. The van der Waals surface area contributed by atoms with Crippen LogP contribution in [-0.2, 0) is 36.3 Å². The summed E-state index contributed by atoms with van der Waals surface area (Å²) in [7, 11) is -8.76. The second-order valence-corrected chi connectivity index (χ2v) is 26.7. The van der Waals surface area contributed by atoms with Crippen molar-refractivity contribution in [2.75, 3.05) is 19.8 Å². The third kappa shape index (κ3) is 38.8. The Morgan fingerprint density at radius 1 is 0.485 bits per heavy atom. The van der Waals surface area contributed by atoms with Crippen LogP contribution in [0.4, 0.5) is 0 Å². The van der Waals surface area contributed by atoms with Crippen LogP contribution < -0.4 is 0 Å². The largest absolute Gasteiger partial charge is 0.484 e. The minimum absolute atomic E-state index is 0.205. The first kappa shape index (κ1) is 66.2. The smallest absolute Gasteiger partial charge is 0.373 e. The van der Waals surface area contributed by atoms with Crippen molar-refractivity contribution in [3.05, 3.63) is 0 Å². The number of phosphoric ester groups is 2. The Kier molecular flexibility index (Phi) is 41.5. The summed E-state index contributed by atoms with van der Waals surface area (Å²) < 4.78 is 67.3. The Balaban J connectivity index is 3.02. The second-order valence-electron chi connectivity index (χ2n) is 23.4. The van der Waals surface area contributed by atoms with Crippen LogP contribution >= 0.6 is 15.6 Å². The molecule has 10 heteroatoms. The van der Waals surface area contributed by atoms with E-state index in [1.807, 2.05) is 13.8 Å². The van der Waals surface area contributed by atoms with Crippen molar-refractivity contribution in [2.24, 2.45) is 23.7 Å². The van der Waals surface area contributed by atoms with E-state index in [1.54, 1.807) is 0 Å². The lowest BCUT2D eigenvalue weighted by atomic mass is 9.88. The highest BCUT2D eigenvalue weighted by molar-refractivity contribution is 7.62. The molecule has 0 aromatic heterocycles. The highest BCUT2D eigenvalue weighted by Crippen LogP contribution is 2.68. The number of rotatable bonds is 48. The molecule has 0 aromatic carbocycles. The molecule has 408 valence electrons. The van der Waals surface area contributed by atoms with E-state index in [4.69, 9.17) is 27.1 Å². The maximum absolute atomic E-state index is 15.0. The molecule has 4 unspecified atom stereocenters. The fraction of sp³-hybridized carbons (Fsp3) is 1.00. The lowest BCUT2D eigenvalue weighted by molar-refractivity contribution is -0.139. The van der Waals surface area contributed by atoms with Crippen LogP contribution in [0.25, 0.3) is 0 Å². The summed E-state index contributed by atoms with van der Waals surface area (Å²) in [6, 6.07) is 0. The molecule has 0 aromatic rings. The molecule has 0 radical (unpaired) electrons. The van der Waals surface area contributed by atoms with E-state index < -0.39 is 27.4 Å². The van der Waals surface area contributed by atoms with E-state index in [0.717, 1.165) is 94.3 Å². The fourth-order valence-electron chi connectivity index (χ4n) is 9.67. The van der Waals surface area contributed by atoms with Crippen LogP contribution in [0.15, 0.2) is 0 Å². The first-order valence-electron chi connectivity index (χ1n) is 29.8. The summed E-state index contributed by atoms with van der Waals surface area (Å²) in [6.07, 6.45) is 43.7. The molecule has 1 rings (SSSR count). The van der Waals surface area contributed by atoms with Gasteiger partial charge in [0.05, 0.1) is 32.0 Å². The van der Waals surface area contributed by atoms with Crippen LogP contribution in [0.3, 0.4) is 0 Å². The Hall–Kier alpha value is 0.220. The predicted molar refractivity (Wildman–Crippen MR) is 293 cm³/mol. The lowest BCUT2D eigenvalue weighted by Crippen LogP contribution is -2.46. The molecule has 0 aliphatic carbocycles. The van der Waals surface area contributed by atoms with Gasteiger partial charge >= 0.3 is 15.6 Å². The molecule has 68 heavy (non-hydrogen) atoms. The van der Waals surface area contributed by atoms with Crippen molar-refractivity contribution in [1.29, 1.82) is 0 Å². The molecular formula is C58H118O8P2. The van der Waals surface area contributed by atoms with Crippen molar-refractivity contribution in [3.63, 3.8) is 0 Å². The van der Waals surface area contributed by atoms with Crippen LogP contribution in [0, 0.1) is 23.7 Å².